The van der Waals surface area contributed by atoms with Crippen LogP contribution < -0.4 is 16.5 Å². The summed E-state index contributed by atoms with van der Waals surface area (Å²) >= 11 is 0. The molecular formula is C18H14F3N3O3. The lowest BCUT2D eigenvalue weighted by Gasteiger charge is -2.15. The van der Waals surface area contributed by atoms with Crippen molar-refractivity contribution in [2.24, 2.45) is 7.05 Å². The van der Waals surface area contributed by atoms with Crippen molar-refractivity contribution < 1.29 is 13.2 Å². The van der Waals surface area contributed by atoms with Crippen molar-refractivity contribution in [2.75, 3.05) is 0 Å². The van der Waals surface area contributed by atoms with E-state index in [9.17, 15) is 27.6 Å². The fourth-order valence-electron chi connectivity index (χ4n) is 2.68. The molecule has 0 aliphatic rings. The minimum Gasteiger partial charge on any atom is -0.301 e. The van der Waals surface area contributed by atoms with E-state index in [1.54, 1.807) is 19.1 Å². The van der Waals surface area contributed by atoms with Gasteiger partial charge in [0.1, 0.15) is 5.69 Å². The standard InChI is InChI=1S/C18H14F3N3O3/c1-10-3-5-11(6-4-10)14-12(18(19,20)21)7-8-24(16(14)26)13-9-22-23(2)17(27)15(13)25/h3-9,22H,1-2H3. The molecule has 0 bridgehead atoms. The molecule has 2 heterocycles. The third-order valence-electron chi connectivity index (χ3n) is 4.12. The molecule has 6 nitrogen and oxygen atoms in total. The molecule has 2 aromatic heterocycles. The average Bonchev–Trinajstić information content (AvgIpc) is 2.60. The van der Waals surface area contributed by atoms with E-state index >= 15 is 0 Å². The van der Waals surface area contributed by atoms with Crippen LogP contribution in [0.1, 0.15) is 11.1 Å². The van der Waals surface area contributed by atoms with Crippen molar-refractivity contribution >= 4 is 0 Å². The van der Waals surface area contributed by atoms with Gasteiger partial charge in [-0.1, -0.05) is 29.8 Å². The number of pyridine rings is 1. The Morgan fingerprint density at radius 1 is 0.963 bits per heavy atom. The van der Waals surface area contributed by atoms with Gasteiger partial charge in [0.15, 0.2) is 0 Å². The van der Waals surface area contributed by atoms with Crippen LogP contribution in [0.15, 0.2) is 57.1 Å². The van der Waals surface area contributed by atoms with Gasteiger partial charge >= 0.3 is 11.7 Å². The number of H-pyrrole nitrogens is 1. The molecule has 1 N–H and O–H groups in total. The van der Waals surface area contributed by atoms with E-state index in [4.69, 9.17) is 0 Å². The van der Waals surface area contributed by atoms with Crippen LogP contribution >= 0.6 is 0 Å². The molecule has 1 aromatic carbocycles. The van der Waals surface area contributed by atoms with Crippen molar-refractivity contribution in [3.63, 3.8) is 0 Å². The first-order valence-electron chi connectivity index (χ1n) is 7.80. The number of benzene rings is 1. The first-order valence-corrected chi connectivity index (χ1v) is 7.80. The summed E-state index contributed by atoms with van der Waals surface area (Å²) in [4.78, 5) is 36.9. The van der Waals surface area contributed by atoms with Gasteiger partial charge in [-0.25, -0.2) is 0 Å². The first kappa shape index (κ1) is 18.4. The minimum atomic E-state index is -4.77. The van der Waals surface area contributed by atoms with Gasteiger partial charge in [-0.05, 0) is 18.6 Å². The molecule has 9 heteroatoms. The topological polar surface area (TPSA) is 76.9 Å². The molecule has 0 unspecified atom stereocenters. The minimum absolute atomic E-state index is 0.0625. The first-order chi connectivity index (χ1) is 12.6. The number of nitrogens with zero attached hydrogens (tertiary/aromatic N) is 2. The molecule has 3 aromatic rings. The molecule has 0 atom stereocenters. The summed E-state index contributed by atoms with van der Waals surface area (Å²) in [5, 5.41) is 2.47. The van der Waals surface area contributed by atoms with Gasteiger partial charge in [0.25, 0.3) is 11.0 Å². The Bertz CT molecular complexity index is 1190. The summed E-state index contributed by atoms with van der Waals surface area (Å²) in [6, 6.07) is 6.68. The Morgan fingerprint density at radius 3 is 2.19 bits per heavy atom. The highest BCUT2D eigenvalue weighted by atomic mass is 19.4. The second-order valence-electron chi connectivity index (χ2n) is 6.00. The average molecular weight is 377 g/mol. The zero-order valence-electron chi connectivity index (χ0n) is 14.3. The summed E-state index contributed by atoms with van der Waals surface area (Å²) < 4.78 is 42.0. The molecule has 0 aliphatic carbocycles. The molecule has 0 spiro atoms. The summed E-state index contributed by atoms with van der Waals surface area (Å²) in [5.74, 6) is 0. The van der Waals surface area contributed by atoms with Crippen LogP contribution in [0.25, 0.3) is 16.8 Å². The fourth-order valence-corrected chi connectivity index (χ4v) is 2.68. The number of hydrogen-bond acceptors (Lipinski definition) is 3. The van der Waals surface area contributed by atoms with Gasteiger partial charge in [0.2, 0.25) is 0 Å². The van der Waals surface area contributed by atoms with Crippen molar-refractivity contribution in [1.82, 2.24) is 14.3 Å². The largest absolute Gasteiger partial charge is 0.417 e. The molecular weight excluding hydrogens is 363 g/mol. The van der Waals surface area contributed by atoms with E-state index < -0.39 is 33.9 Å². The van der Waals surface area contributed by atoms with Crippen LogP contribution in [0.4, 0.5) is 13.2 Å². The molecule has 0 fully saturated rings. The maximum Gasteiger partial charge on any atom is 0.417 e. The number of aryl methyl sites for hydroxylation is 2. The summed E-state index contributed by atoms with van der Waals surface area (Å²) in [6.45, 7) is 1.76. The van der Waals surface area contributed by atoms with Gasteiger partial charge in [0, 0.05) is 19.4 Å². The van der Waals surface area contributed by atoms with Gasteiger partial charge in [-0.15, -0.1) is 0 Å². The Labute approximate surface area is 150 Å². The monoisotopic (exact) mass is 377 g/mol. The number of nitrogens with one attached hydrogen (secondary N) is 1. The van der Waals surface area contributed by atoms with Crippen molar-refractivity contribution in [1.29, 1.82) is 0 Å². The number of aromatic amines is 1. The Morgan fingerprint density at radius 2 is 1.59 bits per heavy atom. The number of alkyl halides is 3. The molecule has 140 valence electrons. The highest BCUT2D eigenvalue weighted by Gasteiger charge is 2.35. The van der Waals surface area contributed by atoms with Crippen molar-refractivity contribution in [3.05, 3.63) is 84.8 Å². The number of halogens is 3. The number of hydrogen-bond donors (Lipinski definition) is 1. The quantitative estimate of drug-likeness (QED) is 0.696. The van der Waals surface area contributed by atoms with E-state index in [-0.39, 0.29) is 11.3 Å². The van der Waals surface area contributed by atoms with E-state index in [2.05, 4.69) is 5.10 Å². The number of rotatable bonds is 2. The van der Waals surface area contributed by atoms with Crippen LogP contribution in [-0.2, 0) is 13.2 Å². The van der Waals surface area contributed by atoms with Crippen LogP contribution in [0.2, 0.25) is 0 Å². The van der Waals surface area contributed by atoms with Gasteiger partial charge in [0.05, 0.1) is 11.1 Å². The third kappa shape index (κ3) is 3.23. The van der Waals surface area contributed by atoms with E-state index in [1.165, 1.54) is 19.2 Å². The molecule has 27 heavy (non-hydrogen) atoms. The normalized spacial score (nSPS) is 11.6. The smallest absolute Gasteiger partial charge is 0.301 e. The van der Waals surface area contributed by atoms with Crippen molar-refractivity contribution in [2.45, 2.75) is 13.1 Å². The third-order valence-corrected chi connectivity index (χ3v) is 4.12. The second kappa shape index (κ2) is 6.42. The predicted octanol–water partition coefficient (Wildman–Crippen LogP) is 2.22. The Hall–Kier alpha value is -3.36. The molecule has 0 radical (unpaired) electrons. The lowest BCUT2D eigenvalue weighted by atomic mass is 10.00. The van der Waals surface area contributed by atoms with E-state index in [1.807, 2.05) is 0 Å². The molecule has 0 aliphatic heterocycles. The lowest BCUT2D eigenvalue weighted by Crippen LogP contribution is -2.39. The second-order valence-corrected chi connectivity index (χ2v) is 6.00. The SMILES string of the molecule is Cc1ccc(-c2c(C(F)(F)F)ccn(-c3c[nH]n(C)c(=O)c3=O)c2=O)cc1. The van der Waals surface area contributed by atoms with Crippen LogP contribution in [-0.4, -0.2) is 14.3 Å². The fraction of sp³-hybridized carbons (Fsp3) is 0.167. The zero-order chi connectivity index (χ0) is 19.9. The van der Waals surface area contributed by atoms with Gasteiger partial charge < -0.3 is 5.10 Å². The van der Waals surface area contributed by atoms with Crippen LogP contribution in [0, 0.1) is 6.92 Å². The zero-order valence-corrected chi connectivity index (χ0v) is 14.3. The Balaban J connectivity index is 2.38. The highest BCUT2D eigenvalue weighted by molar-refractivity contribution is 5.67. The molecule has 0 amide bonds. The van der Waals surface area contributed by atoms with Gasteiger partial charge in [-0.3, -0.25) is 23.6 Å². The van der Waals surface area contributed by atoms with Crippen molar-refractivity contribution in [3.8, 4) is 16.8 Å². The molecule has 3 rings (SSSR count). The number of aromatic nitrogens is 3. The molecule has 0 saturated carbocycles. The Kier molecular flexibility index (Phi) is 4.38. The van der Waals surface area contributed by atoms with Crippen LogP contribution in [0.5, 0.6) is 0 Å². The maximum atomic E-state index is 13.5. The summed E-state index contributed by atoms with van der Waals surface area (Å²) in [5.41, 5.74) is -4.18. The lowest BCUT2D eigenvalue weighted by molar-refractivity contribution is -0.137. The predicted molar refractivity (Wildman–Crippen MR) is 93.1 cm³/mol. The highest BCUT2D eigenvalue weighted by Crippen LogP contribution is 2.35. The molecule has 0 saturated heterocycles. The van der Waals surface area contributed by atoms with E-state index in [0.717, 1.165) is 27.2 Å². The van der Waals surface area contributed by atoms with E-state index in [0.29, 0.717) is 6.07 Å². The van der Waals surface area contributed by atoms with Gasteiger partial charge in [-0.2, -0.15) is 13.2 Å². The summed E-state index contributed by atoms with van der Waals surface area (Å²) in [6.07, 6.45) is -2.83. The summed E-state index contributed by atoms with van der Waals surface area (Å²) in [7, 11) is 1.31. The maximum absolute atomic E-state index is 13.5. The van der Waals surface area contributed by atoms with Crippen LogP contribution in [0.3, 0.4) is 0 Å².